The van der Waals surface area contributed by atoms with Crippen molar-refractivity contribution in [1.82, 2.24) is 5.32 Å². The highest BCUT2D eigenvalue weighted by Crippen LogP contribution is 2.59. The van der Waals surface area contributed by atoms with Crippen LogP contribution in [0.5, 0.6) is 5.75 Å². The minimum absolute atomic E-state index is 0.179. The van der Waals surface area contributed by atoms with Crippen molar-refractivity contribution in [1.29, 1.82) is 0 Å². The number of carbonyl (C=O) groups excluding carboxylic acids is 2. The largest absolute Gasteiger partial charge is 0.496 e. The van der Waals surface area contributed by atoms with Gasteiger partial charge in [0.15, 0.2) is 6.61 Å². The van der Waals surface area contributed by atoms with E-state index < -0.39 is 0 Å². The Labute approximate surface area is 167 Å². The van der Waals surface area contributed by atoms with Gasteiger partial charge in [-0.3, -0.25) is 9.59 Å². The molecule has 0 aliphatic heterocycles. The van der Waals surface area contributed by atoms with Gasteiger partial charge in [-0.15, -0.1) is 0 Å². The lowest BCUT2D eigenvalue weighted by atomic mass is 9.49. The fourth-order valence-electron chi connectivity index (χ4n) is 6.21. The number of hydrogen-bond acceptors (Lipinski definition) is 4. The molecule has 0 radical (unpaired) electrons. The van der Waals surface area contributed by atoms with Crippen LogP contribution in [0.1, 0.15) is 50.5 Å². The Kier molecular flexibility index (Phi) is 5.61. The second-order valence-electron chi connectivity index (χ2n) is 9.17. The van der Waals surface area contributed by atoms with Crippen LogP contribution in [0.4, 0.5) is 0 Å². The van der Waals surface area contributed by atoms with E-state index in [4.69, 9.17) is 9.47 Å². The number of benzene rings is 1. The third-order valence-electron chi connectivity index (χ3n) is 6.98. The highest BCUT2D eigenvalue weighted by atomic mass is 16.5. The molecule has 1 aromatic rings. The minimum Gasteiger partial charge on any atom is -0.496 e. The third-order valence-corrected chi connectivity index (χ3v) is 6.98. The summed E-state index contributed by atoms with van der Waals surface area (Å²) in [6.07, 6.45) is 8.76. The zero-order chi connectivity index (χ0) is 19.6. The number of ether oxygens (including phenoxy) is 2. The molecule has 4 fully saturated rings. The molecule has 0 unspecified atom stereocenters. The van der Waals surface area contributed by atoms with Gasteiger partial charge in [-0.05, 0) is 79.7 Å². The number of rotatable bonds is 8. The number of hydrogen-bond donors (Lipinski definition) is 1. The fourth-order valence-corrected chi connectivity index (χ4v) is 6.21. The Bertz CT molecular complexity index is 694. The molecule has 4 aliphatic rings. The van der Waals surface area contributed by atoms with E-state index in [1.54, 1.807) is 7.11 Å². The molecule has 1 aromatic carbocycles. The first-order chi connectivity index (χ1) is 13.5. The van der Waals surface area contributed by atoms with E-state index in [0.717, 1.165) is 35.6 Å². The molecule has 1 amide bonds. The first kappa shape index (κ1) is 19.3. The van der Waals surface area contributed by atoms with Crippen LogP contribution in [0.2, 0.25) is 0 Å². The van der Waals surface area contributed by atoms with Crippen LogP contribution in [0.25, 0.3) is 0 Å². The van der Waals surface area contributed by atoms with Crippen LogP contribution in [0.15, 0.2) is 24.3 Å². The Morgan fingerprint density at radius 2 is 1.71 bits per heavy atom. The van der Waals surface area contributed by atoms with E-state index in [1.807, 2.05) is 24.3 Å². The molecular formula is C23H31NO4. The van der Waals surface area contributed by atoms with Gasteiger partial charge in [-0.25, -0.2) is 0 Å². The van der Waals surface area contributed by atoms with Gasteiger partial charge in [0.1, 0.15) is 5.75 Å². The van der Waals surface area contributed by atoms with Gasteiger partial charge in [0, 0.05) is 13.0 Å². The van der Waals surface area contributed by atoms with Crippen LogP contribution in [-0.4, -0.2) is 32.1 Å². The van der Waals surface area contributed by atoms with Gasteiger partial charge < -0.3 is 14.8 Å². The molecule has 4 bridgehead atoms. The smallest absolute Gasteiger partial charge is 0.306 e. The normalized spacial score (nSPS) is 30.1. The number of nitrogens with one attached hydrogen (secondary N) is 1. The van der Waals surface area contributed by atoms with Crippen LogP contribution >= 0.6 is 0 Å². The molecule has 152 valence electrons. The Morgan fingerprint density at radius 3 is 2.36 bits per heavy atom. The molecule has 28 heavy (non-hydrogen) atoms. The Balaban J connectivity index is 1.18. The van der Waals surface area contributed by atoms with Crippen LogP contribution in [0, 0.1) is 23.2 Å². The molecule has 5 rings (SSSR count). The number of aryl methyl sites for hydroxylation is 1. The molecule has 0 aromatic heterocycles. The maximum absolute atomic E-state index is 12.2. The zero-order valence-electron chi connectivity index (χ0n) is 16.7. The summed E-state index contributed by atoms with van der Waals surface area (Å²) in [4.78, 5) is 24.2. The van der Waals surface area contributed by atoms with Gasteiger partial charge in [0.2, 0.25) is 0 Å². The van der Waals surface area contributed by atoms with Gasteiger partial charge >= 0.3 is 5.97 Å². The van der Waals surface area contributed by atoms with Crippen molar-refractivity contribution in [2.45, 2.75) is 51.4 Å². The number of methoxy groups -OCH3 is 1. The first-order valence-electron chi connectivity index (χ1n) is 10.6. The highest BCUT2D eigenvalue weighted by molar-refractivity contribution is 5.80. The van der Waals surface area contributed by atoms with Gasteiger partial charge in [-0.2, -0.15) is 0 Å². The summed E-state index contributed by atoms with van der Waals surface area (Å²) in [5, 5.41) is 3.05. The predicted molar refractivity (Wildman–Crippen MR) is 106 cm³/mol. The maximum atomic E-state index is 12.2. The molecule has 0 spiro atoms. The number of amides is 1. The summed E-state index contributed by atoms with van der Waals surface area (Å²) in [5.74, 6) is 2.85. The van der Waals surface area contributed by atoms with E-state index >= 15 is 0 Å². The van der Waals surface area contributed by atoms with Crippen molar-refractivity contribution in [2.75, 3.05) is 20.3 Å². The summed E-state index contributed by atoms with van der Waals surface area (Å²) >= 11 is 0. The average molecular weight is 386 g/mol. The number of carbonyl (C=O) groups is 2. The lowest BCUT2D eigenvalue weighted by molar-refractivity contribution is -0.148. The first-order valence-corrected chi connectivity index (χ1v) is 10.6. The third kappa shape index (κ3) is 4.34. The Hall–Kier alpha value is -2.04. The molecule has 0 saturated heterocycles. The SMILES string of the molecule is COc1ccccc1CCC(=O)OCC(=O)NCC12CC3CC(CC(C3)C1)C2. The minimum atomic E-state index is -0.351. The van der Waals surface area contributed by atoms with E-state index in [9.17, 15) is 9.59 Å². The van der Waals surface area contributed by atoms with Crippen LogP contribution in [-0.2, 0) is 20.7 Å². The second-order valence-corrected chi connectivity index (χ2v) is 9.17. The van der Waals surface area contributed by atoms with Gasteiger partial charge in [0.25, 0.3) is 5.91 Å². The van der Waals surface area contributed by atoms with Crippen molar-refractivity contribution >= 4 is 11.9 Å². The number of para-hydroxylation sites is 1. The summed E-state index contributed by atoms with van der Waals surface area (Å²) < 4.78 is 10.5. The lowest BCUT2D eigenvalue weighted by Gasteiger charge is -2.56. The lowest BCUT2D eigenvalue weighted by Crippen LogP contribution is -2.51. The molecule has 5 nitrogen and oxygen atoms in total. The molecule has 5 heteroatoms. The zero-order valence-corrected chi connectivity index (χ0v) is 16.7. The van der Waals surface area contributed by atoms with Crippen molar-refractivity contribution in [3.05, 3.63) is 29.8 Å². The van der Waals surface area contributed by atoms with E-state index in [-0.39, 0.29) is 24.9 Å². The molecule has 0 atom stereocenters. The molecule has 0 heterocycles. The fraction of sp³-hybridized carbons (Fsp3) is 0.652. The van der Waals surface area contributed by atoms with E-state index in [1.165, 1.54) is 38.5 Å². The summed E-state index contributed by atoms with van der Waals surface area (Å²) in [6, 6.07) is 7.62. The van der Waals surface area contributed by atoms with Crippen molar-refractivity contribution in [3.8, 4) is 5.75 Å². The van der Waals surface area contributed by atoms with Crippen LogP contribution < -0.4 is 10.1 Å². The topological polar surface area (TPSA) is 64.6 Å². The van der Waals surface area contributed by atoms with E-state index in [2.05, 4.69) is 5.32 Å². The van der Waals surface area contributed by atoms with Crippen molar-refractivity contribution in [3.63, 3.8) is 0 Å². The van der Waals surface area contributed by atoms with Crippen molar-refractivity contribution in [2.24, 2.45) is 23.2 Å². The van der Waals surface area contributed by atoms with Gasteiger partial charge in [0.05, 0.1) is 7.11 Å². The molecule has 1 N–H and O–H groups in total. The second kappa shape index (κ2) is 8.14. The Morgan fingerprint density at radius 1 is 1.07 bits per heavy atom. The predicted octanol–water partition coefficient (Wildman–Crippen LogP) is 3.50. The molecular weight excluding hydrogens is 354 g/mol. The van der Waals surface area contributed by atoms with Crippen LogP contribution in [0.3, 0.4) is 0 Å². The standard InChI is InChI=1S/C23H31NO4/c1-27-20-5-3-2-4-19(20)6-7-22(26)28-14-21(25)24-15-23-11-16-8-17(12-23)10-18(9-16)13-23/h2-5,16-18H,6-15H2,1H3,(H,24,25). The summed E-state index contributed by atoms with van der Waals surface area (Å²) in [6.45, 7) is 0.561. The quantitative estimate of drug-likeness (QED) is 0.696. The number of esters is 1. The summed E-state index contributed by atoms with van der Waals surface area (Å²) in [5.41, 5.74) is 1.27. The average Bonchev–Trinajstić information content (AvgIpc) is 2.68. The molecule has 4 saturated carbocycles. The highest BCUT2D eigenvalue weighted by Gasteiger charge is 2.50. The van der Waals surface area contributed by atoms with Gasteiger partial charge in [-0.1, -0.05) is 18.2 Å². The summed E-state index contributed by atoms with van der Waals surface area (Å²) in [7, 11) is 1.62. The van der Waals surface area contributed by atoms with Crippen molar-refractivity contribution < 1.29 is 19.1 Å². The monoisotopic (exact) mass is 385 g/mol. The maximum Gasteiger partial charge on any atom is 0.306 e. The van der Waals surface area contributed by atoms with E-state index in [0.29, 0.717) is 11.8 Å². The molecule has 4 aliphatic carbocycles.